The summed E-state index contributed by atoms with van der Waals surface area (Å²) in [5.41, 5.74) is -0.0239. The Bertz CT molecular complexity index is 1180. The summed E-state index contributed by atoms with van der Waals surface area (Å²) < 4.78 is 33.2. The molecule has 0 aliphatic carbocycles. The van der Waals surface area contributed by atoms with E-state index in [9.17, 15) is 33.6 Å². The maximum absolute atomic E-state index is 13.0. The maximum atomic E-state index is 13.0. The lowest BCUT2D eigenvalue weighted by molar-refractivity contribution is -0.741. The summed E-state index contributed by atoms with van der Waals surface area (Å²) in [4.78, 5) is 27.2. The van der Waals surface area contributed by atoms with Crippen LogP contribution in [0.3, 0.4) is 0 Å². The lowest BCUT2D eigenvalue weighted by Crippen LogP contribution is -2.44. The first-order chi connectivity index (χ1) is 15.5. The summed E-state index contributed by atoms with van der Waals surface area (Å²) in [6, 6.07) is 9.30. The maximum Gasteiger partial charge on any atom is 0.408 e. The molecule has 0 radical (unpaired) electrons. The van der Waals surface area contributed by atoms with Crippen LogP contribution in [0.2, 0.25) is 0 Å². The molecule has 1 aliphatic heterocycles. The number of aliphatic hydroxyl groups is 1. The number of aryl methyl sites for hydroxylation is 1. The number of sulfonamides is 1. The molecule has 2 aromatic rings. The number of aliphatic hydroxyl groups excluding tert-OH is 1. The highest BCUT2D eigenvalue weighted by Crippen LogP contribution is 2.29. The van der Waals surface area contributed by atoms with E-state index in [1.807, 2.05) is 0 Å². The van der Waals surface area contributed by atoms with Crippen LogP contribution in [0.1, 0.15) is 24.1 Å². The summed E-state index contributed by atoms with van der Waals surface area (Å²) in [5.74, 6) is -1.12. The first-order valence-electron chi connectivity index (χ1n) is 9.74. The Kier molecular flexibility index (Phi) is 6.95. The van der Waals surface area contributed by atoms with Gasteiger partial charge in [-0.05, 0) is 31.5 Å². The Morgan fingerprint density at radius 3 is 2.39 bits per heavy atom. The van der Waals surface area contributed by atoms with Crippen molar-refractivity contribution in [3.8, 4) is 0 Å². The highest BCUT2D eigenvalue weighted by molar-refractivity contribution is 7.89. The van der Waals surface area contributed by atoms with Crippen LogP contribution in [-0.2, 0) is 24.4 Å². The van der Waals surface area contributed by atoms with Gasteiger partial charge in [0.1, 0.15) is 6.10 Å². The van der Waals surface area contributed by atoms with Crippen molar-refractivity contribution in [2.45, 2.75) is 37.0 Å². The second kappa shape index (κ2) is 9.52. The zero-order valence-electron chi connectivity index (χ0n) is 17.6. The third-order valence-electron chi connectivity index (χ3n) is 4.90. The van der Waals surface area contributed by atoms with Crippen LogP contribution in [0.15, 0.2) is 53.4 Å². The summed E-state index contributed by atoms with van der Waals surface area (Å²) in [7, 11) is -4.20. The van der Waals surface area contributed by atoms with Gasteiger partial charge in [-0.15, -0.1) is 0 Å². The van der Waals surface area contributed by atoms with Gasteiger partial charge in [-0.25, -0.2) is 17.9 Å². The third-order valence-corrected chi connectivity index (χ3v) is 6.35. The van der Waals surface area contributed by atoms with Gasteiger partial charge in [-0.3, -0.25) is 15.3 Å². The Morgan fingerprint density at radius 2 is 1.85 bits per heavy atom. The van der Waals surface area contributed by atoms with Crippen LogP contribution in [-0.4, -0.2) is 53.8 Å². The summed E-state index contributed by atoms with van der Waals surface area (Å²) >= 11 is 0. The van der Waals surface area contributed by atoms with E-state index in [-0.39, 0.29) is 27.7 Å². The molecule has 0 amide bonds. The smallest absolute Gasteiger partial charge is 0.408 e. The number of nitrogens with one attached hydrogen (secondary N) is 1. The van der Waals surface area contributed by atoms with E-state index >= 15 is 0 Å². The molecule has 0 fully saturated rings. The minimum absolute atomic E-state index is 0.0700. The molecule has 2 aromatic carbocycles. The fraction of sp³-hybridized carbons (Fsp3) is 0.300. The van der Waals surface area contributed by atoms with Crippen molar-refractivity contribution in [1.29, 1.82) is 0 Å². The summed E-state index contributed by atoms with van der Waals surface area (Å²) in [6.07, 6.45) is -3.41. The number of nitro groups is 1. The normalized spacial score (nSPS) is 19.1. The Hall–Kier alpha value is -3.55. The first kappa shape index (κ1) is 24.1. The second-order valence-electron chi connectivity index (χ2n) is 7.14. The highest BCUT2D eigenvalue weighted by Gasteiger charge is 2.49. The molecule has 1 heterocycles. The van der Waals surface area contributed by atoms with Gasteiger partial charge in [-0.1, -0.05) is 29.8 Å². The molecule has 3 atom stereocenters. The molecule has 3 rings (SSSR count). The van der Waals surface area contributed by atoms with Gasteiger partial charge in [0.2, 0.25) is 10.0 Å². The van der Waals surface area contributed by atoms with Crippen molar-refractivity contribution in [1.82, 2.24) is 4.72 Å². The molecule has 13 heteroatoms. The number of rotatable bonds is 8. The van der Waals surface area contributed by atoms with Crippen LogP contribution in [0.5, 0.6) is 0 Å². The Morgan fingerprint density at radius 1 is 1.24 bits per heavy atom. The average Bonchev–Trinajstić information content (AvgIpc) is 3.06. The lowest BCUT2D eigenvalue weighted by atomic mass is 9.96. The monoisotopic (exact) mass is 479 g/mol. The van der Waals surface area contributed by atoms with Crippen LogP contribution in [0.4, 0.5) is 5.69 Å². The summed E-state index contributed by atoms with van der Waals surface area (Å²) in [5, 5.41) is 33.8. The average molecular weight is 479 g/mol. The molecular formula is C20H21N3O9S. The molecule has 2 N–H and O–H groups in total. The number of hydrogen-bond donors (Lipinski definition) is 2. The first-order valence-corrected chi connectivity index (χ1v) is 11.2. The molecule has 0 saturated carbocycles. The van der Waals surface area contributed by atoms with Crippen molar-refractivity contribution in [3.63, 3.8) is 0 Å². The molecule has 0 saturated heterocycles. The van der Waals surface area contributed by atoms with Gasteiger partial charge in [0.05, 0.1) is 27.4 Å². The van der Waals surface area contributed by atoms with E-state index in [1.165, 1.54) is 31.2 Å². The van der Waals surface area contributed by atoms with Gasteiger partial charge in [0.25, 0.3) is 5.69 Å². The number of nitrogens with zero attached hydrogens (tertiary/aromatic N) is 2. The number of carbonyl (C=O) groups excluding carboxylic acids is 1. The molecule has 0 bridgehead atoms. The molecule has 1 aliphatic rings. The topological polar surface area (TPSA) is 171 Å². The van der Waals surface area contributed by atoms with Gasteiger partial charge in [0.15, 0.2) is 6.10 Å². The Balaban J connectivity index is 2.00. The van der Waals surface area contributed by atoms with Crippen molar-refractivity contribution >= 4 is 27.4 Å². The van der Waals surface area contributed by atoms with Crippen LogP contribution < -0.4 is 4.72 Å². The van der Waals surface area contributed by atoms with Gasteiger partial charge in [-0.2, -0.15) is 0 Å². The standard InChI is InChI=1S/C20H21N3O9S/c1-3-31-20(25)17-18(24)19(32-23(17)28)16(13-6-8-14(9-7-13)22(26)27)21-33(29,30)15-10-4-12(2)5-11-15/h4-11,16,18-19,21,24H,3H2,1-2H3/t16-,18-,19+/m0/s1. The lowest BCUT2D eigenvalue weighted by Gasteiger charge is -2.27. The molecule has 12 nitrogen and oxygen atoms in total. The van der Waals surface area contributed by atoms with Gasteiger partial charge >= 0.3 is 11.7 Å². The number of esters is 1. The van der Waals surface area contributed by atoms with Crippen LogP contribution >= 0.6 is 0 Å². The van der Waals surface area contributed by atoms with Crippen molar-refractivity contribution < 1.29 is 37.7 Å². The predicted octanol–water partition coefficient (Wildman–Crippen LogP) is 1.11. The zero-order chi connectivity index (χ0) is 24.3. The van der Waals surface area contributed by atoms with E-state index in [1.54, 1.807) is 19.1 Å². The predicted molar refractivity (Wildman–Crippen MR) is 113 cm³/mol. The van der Waals surface area contributed by atoms with E-state index in [0.29, 0.717) is 0 Å². The fourth-order valence-corrected chi connectivity index (χ4v) is 4.45. The number of ether oxygens (including phenoxy) is 1. The van der Waals surface area contributed by atoms with Crippen LogP contribution in [0, 0.1) is 22.2 Å². The minimum atomic E-state index is -4.20. The van der Waals surface area contributed by atoms with Gasteiger partial charge in [0, 0.05) is 12.1 Å². The van der Waals surface area contributed by atoms with Crippen molar-refractivity contribution in [2.75, 3.05) is 6.61 Å². The fourth-order valence-electron chi connectivity index (χ4n) is 3.21. The zero-order valence-corrected chi connectivity index (χ0v) is 18.4. The van der Waals surface area contributed by atoms with E-state index in [2.05, 4.69) is 4.72 Å². The molecule has 0 spiro atoms. The summed E-state index contributed by atoms with van der Waals surface area (Å²) in [6.45, 7) is 3.21. The second-order valence-corrected chi connectivity index (χ2v) is 8.85. The molecule has 33 heavy (non-hydrogen) atoms. The Labute approximate surface area is 188 Å². The quantitative estimate of drug-likeness (QED) is 0.243. The molecule has 0 aromatic heterocycles. The largest absolute Gasteiger partial charge is 0.458 e. The molecule has 0 unspecified atom stereocenters. The van der Waals surface area contributed by atoms with E-state index < -0.39 is 44.9 Å². The third kappa shape index (κ3) is 5.10. The van der Waals surface area contributed by atoms with E-state index in [4.69, 9.17) is 9.57 Å². The number of nitro benzene ring substituents is 1. The van der Waals surface area contributed by atoms with E-state index in [0.717, 1.165) is 17.7 Å². The number of hydrogen-bond acceptors (Lipinski definition) is 9. The van der Waals surface area contributed by atoms with Crippen molar-refractivity contribution in [3.05, 3.63) is 75.0 Å². The highest BCUT2D eigenvalue weighted by atomic mass is 32.2. The number of non-ortho nitro benzene ring substituents is 1. The molecular weight excluding hydrogens is 458 g/mol. The number of benzene rings is 2. The van der Waals surface area contributed by atoms with Gasteiger partial charge < -0.3 is 14.7 Å². The number of carbonyl (C=O) groups is 1. The van der Waals surface area contributed by atoms with Crippen LogP contribution in [0.25, 0.3) is 0 Å². The molecule has 176 valence electrons. The van der Waals surface area contributed by atoms with Crippen molar-refractivity contribution in [2.24, 2.45) is 0 Å². The minimum Gasteiger partial charge on any atom is -0.458 e. The SMILES string of the molecule is CCOC(=O)C1=[N+]([O-])O[C@H]([C@@H](NS(=O)(=O)c2ccc(C)cc2)c2ccc([N+](=O)[O-])cc2)[C@H]1O.